The van der Waals surface area contributed by atoms with Crippen molar-refractivity contribution in [3.05, 3.63) is 87.7 Å². The highest BCUT2D eigenvalue weighted by Crippen LogP contribution is 2.34. The number of fused-ring (bicyclic) bond motifs is 1. The predicted molar refractivity (Wildman–Crippen MR) is 123 cm³/mol. The van der Waals surface area contributed by atoms with Gasteiger partial charge in [0.1, 0.15) is 0 Å². The van der Waals surface area contributed by atoms with E-state index < -0.39 is 0 Å². The molecule has 0 unspecified atom stereocenters. The van der Waals surface area contributed by atoms with Crippen LogP contribution >= 0.6 is 11.6 Å². The molecule has 0 saturated heterocycles. The summed E-state index contributed by atoms with van der Waals surface area (Å²) in [6.07, 6.45) is 5.00. The molecule has 3 aromatic rings. The van der Waals surface area contributed by atoms with Gasteiger partial charge in [-0.1, -0.05) is 60.5 Å². The van der Waals surface area contributed by atoms with Gasteiger partial charge in [-0.05, 0) is 48.9 Å². The van der Waals surface area contributed by atoms with E-state index in [1.807, 2.05) is 48.5 Å². The quantitative estimate of drug-likeness (QED) is 0.497. The number of H-pyrrole nitrogens is 1. The van der Waals surface area contributed by atoms with Crippen molar-refractivity contribution in [2.75, 3.05) is 13.7 Å². The summed E-state index contributed by atoms with van der Waals surface area (Å²) in [5.41, 5.74) is 4.86. The molecular weight excluding hydrogens is 410 g/mol. The second-order valence-corrected chi connectivity index (χ2v) is 8.57. The number of carbonyl (C=O) groups is 1. The maximum atomic E-state index is 13.2. The van der Waals surface area contributed by atoms with Gasteiger partial charge in [0, 0.05) is 29.3 Å². The fraction of sp³-hybridized carbons (Fsp3) is 0.360. The van der Waals surface area contributed by atoms with Crippen LogP contribution in [-0.2, 0) is 17.6 Å². The van der Waals surface area contributed by atoms with Crippen LogP contribution in [0.15, 0.2) is 54.6 Å². The molecule has 0 saturated carbocycles. The van der Waals surface area contributed by atoms with Crippen LogP contribution in [0.4, 0.5) is 0 Å². The summed E-state index contributed by atoms with van der Waals surface area (Å²) in [6, 6.07) is 17.7. The van der Waals surface area contributed by atoms with Crippen molar-refractivity contribution in [3.8, 4) is 0 Å². The lowest BCUT2D eigenvalue weighted by atomic mass is 9.91. The molecule has 6 heteroatoms. The van der Waals surface area contributed by atoms with Crippen molar-refractivity contribution in [1.82, 2.24) is 15.5 Å². The van der Waals surface area contributed by atoms with Crippen LogP contribution in [0.5, 0.6) is 0 Å². The summed E-state index contributed by atoms with van der Waals surface area (Å²) in [7, 11) is 1.64. The minimum atomic E-state index is -0.223. The number of ether oxygens (including phenoxy) is 1. The number of aromatic amines is 1. The van der Waals surface area contributed by atoms with E-state index >= 15 is 0 Å². The zero-order valence-corrected chi connectivity index (χ0v) is 18.5. The molecule has 0 fully saturated rings. The highest BCUT2D eigenvalue weighted by molar-refractivity contribution is 6.30. The number of hydrogen-bond donors (Lipinski definition) is 2. The number of nitrogens with one attached hydrogen (secondary N) is 2. The SMILES string of the molecule is COC[C@H](NC(=O)c1n[nH]c2c1CCCC[C@@H]2Cc1cccc(Cl)c1)c1ccccc1. The molecule has 1 heterocycles. The van der Waals surface area contributed by atoms with E-state index in [1.165, 1.54) is 5.56 Å². The first-order chi connectivity index (χ1) is 15.2. The molecule has 2 aromatic carbocycles. The number of nitrogens with zero attached hydrogens (tertiary/aromatic N) is 1. The summed E-state index contributed by atoms with van der Waals surface area (Å²) >= 11 is 6.18. The maximum absolute atomic E-state index is 13.2. The largest absolute Gasteiger partial charge is 0.382 e. The van der Waals surface area contributed by atoms with Gasteiger partial charge in [0.05, 0.1) is 12.6 Å². The molecule has 1 aromatic heterocycles. The lowest BCUT2D eigenvalue weighted by Crippen LogP contribution is -2.32. The molecule has 0 bridgehead atoms. The van der Waals surface area contributed by atoms with Gasteiger partial charge in [0.2, 0.25) is 0 Å². The fourth-order valence-corrected chi connectivity index (χ4v) is 4.66. The number of aromatic nitrogens is 2. The Morgan fingerprint density at radius 3 is 2.84 bits per heavy atom. The van der Waals surface area contributed by atoms with E-state index in [2.05, 4.69) is 21.6 Å². The van der Waals surface area contributed by atoms with Crippen LogP contribution < -0.4 is 5.32 Å². The Morgan fingerprint density at radius 1 is 1.23 bits per heavy atom. The minimum absolute atomic E-state index is 0.160. The molecule has 4 rings (SSSR count). The average Bonchev–Trinajstić information content (AvgIpc) is 3.10. The fourth-order valence-electron chi connectivity index (χ4n) is 4.45. The van der Waals surface area contributed by atoms with Crippen molar-refractivity contribution < 1.29 is 9.53 Å². The highest BCUT2D eigenvalue weighted by atomic mass is 35.5. The molecule has 2 N–H and O–H groups in total. The van der Waals surface area contributed by atoms with Gasteiger partial charge in [-0.15, -0.1) is 0 Å². The second-order valence-electron chi connectivity index (χ2n) is 8.13. The Hall–Kier alpha value is -2.63. The van der Waals surface area contributed by atoms with Gasteiger partial charge >= 0.3 is 0 Å². The van der Waals surface area contributed by atoms with E-state index in [0.29, 0.717) is 18.2 Å². The maximum Gasteiger partial charge on any atom is 0.272 e. The summed E-state index contributed by atoms with van der Waals surface area (Å²) in [6.45, 7) is 0.403. The van der Waals surface area contributed by atoms with Crippen molar-refractivity contribution in [2.24, 2.45) is 0 Å². The highest BCUT2D eigenvalue weighted by Gasteiger charge is 2.28. The molecule has 1 aliphatic carbocycles. The first-order valence-corrected chi connectivity index (χ1v) is 11.2. The van der Waals surface area contributed by atoms with Gasteiger partial charge in [0.15, 0.2) is 5.69 Å². The van der Waals surface area contributed by atoms with Crippen LogP contribution in [0.25, 0.3) is 0 Å². The van der Waals surface area contributed by atoms with Crippen molar-refractivity contribution >= 4 is 17.5 Å². The van der Waals surface area contributed by atoms with E-state index in [1.54, 1.807) is 7.11 Å². The minimum Gasteiger partial charge on any atom is -0.382 e. The van der Waals surface area contributed by atoms with E-state index in [0.717, 1.165) is 53.9 Å². The third-order valence-electron chi connectivity index (χ3n) is 5.96. The monoisotopic (exact) mass is 437 g/mol. The van der Waals surface area contributed by atoms with Crippen molar-refractivity contribution in [1.29, 1.82) is 0 Å². The number of amides is 1. The molecule has 5 nitrogen and oxygen atoms in total. The van der Waals surface area contributed by atoms with Crippen LogP contribution in [0.3, 0.4) is 0 Å². The van der Waals surface area contributed by atoms with Gasteiger partial charge < -0.3 is 10.1 Å². The number of methoxy groups -OCH3 is 1. The molecule has 0 spiro atoms. The van der Waals surface area contributed by atoms with Gasteiger partial charge in [-0.2, -0.15) is 5.10 Å². The van der Waals surface area contributed by atoms with Gasteiger partial charge in [-0.25, -0.2) is 0 Å². The van der Waals surface area contributed by atoms with Gasteiger partial charge in [0.25, 0.3) is 5.91 Å². The van der Waals surface area contributed by atoms with Crippen molar-refractivity contribution in [3.63, 3.8) is 0 Å². The molecule has 2 atom stereocenters. The van der Waals surface area contributed by atoms with Gasteiger partial charge in [-0.3, -0.25) is 9.89 Å². The van der Waals surface area contributed by atoms with E-state index in [4.69, 9.17) is 16.3 Å². The third kappa shape index (κ3) is 5.17. The topological polar surface area (TPSA) is 67.0 Å². The predicted octanol–water partition coefficient (Wildman–Crippen LogP) is 5.23. The number of rotatable bonds is 7. The number of halogens is 1. The zero-order chi connectivity index (χ0) is 21.6. The first kappa shape index (κ1) is 21.6. The Kier molecular flexibility index (Phi) is 7.05. The van der Waals surface area contributed by atoms with E-state index in [-0.39, 0.29) is 11.9 Å². The lowest BCUT2D eigenvalue weighted by Gasteiger charge is -2.18. The number of carbonyl (C=O) groups excluding carboxylic acids is 1. The molecule has 162 valence electrons. The third-order valence-corrected chi connectivity index (χ3v) is 6.20. The average molecular weight is 438 g/mol. The van der Waals surface area contributed by atoms with Crippen LogP contribution in [-0.4, -0.2) is 29.8 Å². The lowest BCUT2D eigenvalue weighted by molar-refractivity contribution is 0.0890. The Labute approximate surface area is 188 Å². The molecule has 0 aliphatic heterocycles. The molecule has 1 amide bonds. The summed E-state index contributed by atoms with van der Waals surface area (Å²) in [4.78, 5) is 13.2. The summed E-state index contributed by atoms with van der Waals surface area (Å²) in [5.74, 6) is 0.140. The normalized spacial score (nSPS) is 16.9. The first-order valence-electron chi connectivity index (χ1n) is 10.8. The molecule has 1 aliphatic rings. The Morgan fingerprint density at radius 2 is 2.06 bits per heavy atom. The smallest absolute Gasteiger partial charge is 0.272 e. The Balaban J connectivity index is 1.56. The summed E-state index contributed by atoms with van der Waals surface area (Å²) in [5, 5.41) is 11.5. The standard InChI is InChI=1S/C25H28ClN3O2/c1-31-16-22(18-9-3-2-4-10-18)27-25(30)24-21-13-6-5-11-19(23(21)28-29-24)14-17-8-7-12-20(26)15-17/h2-4,7-10,12,15,19,22H,5-6,11,13-14,16H2,1H3,(H,27,30)(H,28,29)/t19-,22+/m1/s1. The van der Waals surface area contributed by atoms with E-state index in [9.17, 15) is 4.79 Å². The molecular formula is C25H28ClN3O2. The number of hydrogen-bond acceptors (Lipinski definition) is 3. The van der Waals surface area contributed by atoms with Crippen molar-refractivity contribution in [2.45, 2.75) is 44.1 Å². The molecule has 31 heavy (non-hydrogen) atoms. The van der Waals surface area contributed by atoms with Crippen LogP contribution in [0.1, 0.15) is 64.1 Å². The number of benzene rings is 2. The second kappa shape index (κ2) is 10.1. The summed E-state index contributed by atoms with van der Waals surface area (Å²) < 4.78 is 5.35. The van der Waals surface area contributed by atoms with Crippen LogP contribution in [0, 0.1) is 0 Å². The van der Waals surface area contributed by atoms with Crippen LogP contribution in [0.2, 0.25) is 5.02 Å². The Bertz CT molecular complexity index is 1020. The molecule has 0 radical (unpaired) electrons. The zero-order valence-electron chi connectivity index (χ0n) is 17.7.